The maximum atomic E-state index is 12.9. The number of carbonyl (C=O) groups excluding carboxylic acids is 1. The first kappa shape index (κ1) is 17.6. The average molecular weight is 330 g/mol. The van der Waals surface area contributed by atoms with Crippen LogP contribution in [0.15, 0.2) is 24.3 Å². The van der Waals surface area contributed by atoms with E-state index in [1.54, 1.807) is 45.0 Å². The molecule has 1 aromatic carbocycles. The number of aliphatic hydroxyl groups is 2. The lowest BCUT2D eigenvalue weighted by atomic mass is 10.1. The van der Waals surface area contributed by atoms with Gasteiger partial charge < -0.3 is 14.9 Å². The number of aliphatic hydroxyl groups excluding tert-OH is 2. The molecule has 128 valence electrons. The summed E-state index contributed by atoms with van der Waals surface area (Å²) in [4.78, 5) is 12.2. The van der Waals surface area contributed by atoms with Gasteiger partial charge in [0.1, 0.15) is 12.1 Å². The summed E-state index contributed by atoms with van der Waals surface area (Å²) >= 11 is 0. The molecule has 1 heterocycles. The third kappa shape index (κ3) is 3.77. The molecule has 2 rings (SSSR count). The number of fused-ring (bicyclic) bond motifs is 1. The smallest absolute Gasteiger partial charge is 0.425 e. The van der Waals surface area contributed by atoms with Crippen LogP contribution in [0.5, 0.6) is 0 Å². The lowest BCUT2D eigenvalue weighted by Gasteiger charge is -2.36. The van der Waals surface area contributed by atoms with Crippen molar-refractivity contribution in [3.63, 3.8) is 0 Å². The maximum absolute atomic E-state index is 12.9. The van der Waals surface area contributed by atoms with Gasteiger partial charge in [-0.1, -0.05) is 24.3 Å². The summed E-state index contributed by atoms with van der Waals surface area (Å²) in [7, 11) is 0. The highest BCUT2D eigenvalue weighted by Crippen LogP contribution is 2.40. The van der Waals surface area contributed by atoms with Crippen LogP contribution in [0, 0.1) is 0 Å². The van der Waals surface area contributed by atoms with E-state index < -0.39 is 37.1 Å². The number of halogens is 2. The zero-order valence-electron chi connectivity index (χ0n) is 13.1. The molecule has 23 heavy (non-hydrogen) atoms. The van der Waals surface area contributed by atoms with Crippen LogP contribution in [0.1, 0.15) is 44.4 Å². The summed E-state index contributed by atoms with van der Waals surface area (Å²) in [6.07, 6.45) is -6.77. The molecule has 1 aliphatic rings. The Morgan fingerprint density at radius 1 is 1.26 bits per heavy atom. The van der Waals surface area contributed by atoms with E-state index in [1.807, 2.05) is 0 Å². The van der Waals surface area contributed by atoms with Crippen molar-refractivity contribution >= 4 is 6.09 Å². The normalized spacial score (nSPS) is 21.4. The zero-order valence-corrected chi connectivity index (χ0v) is 13.1. The van der Waals surface area contributed by atoms with Gasteiger partial charge in [-0.15, -0.1) is 0 Å². The number of rotatable bonds is 3. The molecular weight excluding hydrogens is 310 g/mol. The van der Waals surface area contributed by atoms with E-state index in [1.165, 1.54) is 0 Å². The molecule has 0 saturated carbocycles. The molecule has 0 fully saturated rings. The fraction of sp³-hybridized carbons (Fsp3) is 0.533. The van der Waals surface area contributed by atoms with Gasteiger partial charge in [0.15, 0.2) is 12.5 Å². The first-order valence-corrected chi connectivity index (χ1v) is 7.13. The third-order valence-electron chi connectivity index (χ3n) is 3.25. The average Bonchev–Trinajstić information content (AvgIpc) is 2.67. The van der Waals surface area contributed by atoms with E-state index in [-0.39, 0.29) is 0 Å². The van der Waals surface area contributed by atoms with Gasteiger partial charge in [-0.3, -0.25) is 0 Å². The van der Waals surface area contributed by atoms with Crippen LogP contribution < -0.4 is 0 Å². The summed E-state index contributed by atoms with van der Waals surface area (Å²) in [6.45, 7) is 3.78. The van der Waals surface area contributed by atoms with Crippen molar-refractivity contribution in [2.75, 3.05) is 6.54 Å². The molecule has 1 aliphatic heterocycles. The Bertz CT molecular complexity index is 548. The minimum Gasteiger partial charge on any atom is -0.443 e. The molecule has 2 N–H and O–H groups in total. The summed E-state index contributed by atoms with van der Waals surface area (Å²) < 4.78 is 30.8. The van der Waals surface area contributed by atoms with Crippen molar-refractivity contribution in [3.05, 3.63) is 35.4 Å². The Hall–Kier alpha value is -1.77. The van der Waals surface area contributed by atoms with Crippen molar-refractivity contribution < 1.29 is 28.5 Å². The predicted molar refractivity (Wildman–Crippen MR) is 77.1 cm³/mol. The fourth-order valence-electron chi connectivity index (χ4n) is 2.37. The van der Waals surface area contributed by atoms with E-state index in [9.17, 15) is 23.8 Å². The largest absolute Gasteiger partial charge is 0.443 e. The highest BCUT2D eigenvalue weighted by molar-refractivity contribution is 5.67. The topological polar surface area (TPSA) is 73.2 Å². The van der Waals surface area contributed by atoms with E-state index in [4.69, 9.17) is 4.74 Å². The maximum Gasteiger partial charge on any atom is 0.425 e. The number of hydrogen-bond acceptors (Lipinski definition) is 5. The number of alkyl halides is 2. The fourth-order valence-corrected chi connectivity index (χ4v) is 2.37. The Morgan fingerprint density at radius 3 is 2.13 bits per heavy atom. The molecule has 6 nitrogen and oxygen atoms in total. The Balaban J connectivity index is 2.32. The standard InChI is InChI=1S/C15H20F2N2O4/c1-15(2,3)23-14(22)18(8-11(16)17)19-12(20)9-6-4-5-7-10(9)13(19)21/h4-7,11-13,20-21H,8H2,1-3H3. The molecule has 2 unspecified atom stereocenters. The molecule has 0 spiro atoms. The second-order valence-electron chi connectivity index (χ2n) is 6.21. The monoisotopic (exact) mass is 330 g/mol. The first-order valence-electron chi connectivity index (χ1n) is 7.13. The van der Waals surface area contributed by atoms with Crippen molar-refractivity contribution in [2.45, 2.75) is 45.3 Å². The van der Waals surface area contributed by atoms with Gasteiger partial charge in [0.25, 0.3) is 6.43 Å². The van der Waals surface area contributed by atoms with Gasteiger partial charge >= 0.3 is 6.09 Å². The molecule has 0 bridgehead atoms. The zero-order chi connectivity index (χ0) is 17.4. The molecule has 0 aliphatic carbocycles. The summed E-state index contributed by atoms with van der Waals surface area (Å²) in [5, 5.41) is 22.0. The summed E-state index contributed by atoms with van der Waals surface area (Å²) in [5.41, 5.74) is -0.203. The second kappa shape index (κ2) is 6.38. The third-order valence-corrected chi connectivity index (χ3v) is 3.25. The molecule has 1 amide bonds. The lowest BCUT2D eigenvalue weighted by Crippen LogP contribution is -2.51. The molecule has 1 aromatic rings. The van der Waals surface area contributed by atoms with Gasteiger partial charge in [-0.05, 0) is 20.8 Å². The minimum absolute atomic E-state index is 0.350. The van der Waals surface area contributed by atoms with Crippen LogP contribution in [0.3, 0.4) is 0 Å². The second-order valence-corrected chi connectivity index (χ2v) is 6.21. The van der Waals surface area contributed by atoms with Crippen LogP contribution in [-0.4, -0.2) is 44.9 Å². The number of nitrogens with zero attached hydrogens (tertiary/aromatic N) is 2. The Kier molecular flexibility index (Phi) is 4.88. The number of carbonyl (C=O) groups is 1. The highest BCUT2D eigenvalue weighted by Gasteiger charge is 2.43. The van der Waals surface area contributed by atoms with Crippen molar-refractivity contribution in [3.8, 4) is 0 Å². The van der Waals surface area contributed by atoms with Crippen molar-refractivity contribution in [1.29, 1.82) is 0 Å². The molecule has 2 atom stereocenters. The molecule has 8 heteroatoms. The summed E-state index contributed by atoms with van der Waals surface area (Å²) in [5.74, 6) is 0. The van der Waals surface area contributed by atoms with Crippen LogP contribution >= 0.6 is 0 Å². The predicted octanol–water partition coefficient (Wildman–Crippen LogP) is 2.40. The van der Waals surface area contributed by atoms with Crippen LogP contribution in [0.2, 0.25) is 0 Å². The van der Waals surface area contributed by atoms with E-state index in [0.29, 0.717) is 16.1 Å². The number of amides is 1. The van der Waals surface area contributed by atoms with Crippen LogP contribution in [0.4, 0.5) is 13.6 Å². The van der Waals surface area contributed by atoms with Crippen LogP contribution in [-0.2, 0) is 4.74 Å². The molecule has 0 radical (unpaired) electrons. The number of hydrogen-bond donors (Lipinski definition) is 2. The lowest BCUT2D eigenvalue weighted by molar-refractivity contribution is -0.206. The van der Waals surface area contributed by atoms with Gasteiger partial charge in [0.2, 0.25) is 0 Å². The number of benzene rings is 1. The van der Waals surface area contributed by atoms with Crippen molar-refractivity contribution in [1.82, 2.24) is 10.0 Å². The van der Waals surface area contributed by atoms with Gasteiger partial charge in [0.05, 0.1) is 0 Å². The summed E-state index contributed by atoms with van der Waals surface area (Å²) in [6, 6.07) is 6.39. The Morgan fingerprint density at radius 2 is 1.74 bits per heavy atom. The molecule has 0 saturated heterocycles. The number of ether oxygens (including phenoxy) is 1. The molecular formula is C15H20F2N2O4. The first-order chi connectivity index (χ1) is 10.6. The minimum atomic E-state index is -2.86. The number of hydrazine groups is 1. The van der Waals surface area contributed by atoms with Gasteiger partial charge in [-0.25, -0.2) is 18.6 Å². The van der Waals surface area contributed by atoms with E-state index >= 15 is 0 Å². The van der Waals surface area contributed by atoms with Gasteiger partial charge in [-0.2, -0.15) is 5.01 Å². The van der Waals surface area contributed by atoms with Gasteiger partial charge in [0, 0.05) is 11.1 Å². The van der Waals surface area contributed by atoms with Crippen molar-refractivity contribution in [2.24, 2.45) is 0 Å². The molecule has 0 aromatic heterocycles. The quantitative estimate of drug-likeness (QED) is 0.890. The highest BCUT2D eigenvalue weighted by atomic mass is 19.3. The van der Waals surface area contributed by atoms with E-state index in [2.05, 4.69) is 0 Å². The SMILES string of the molecule is CC(C)(C)OC(=O)N(CC(F)F)N1C(O)c2ccccc2C1O. The van der Waals surface area contributed by atoms with E-state index in [0.717, 1.165) is 5.01 Å². The van der Waals surface area contributed by atoms with Crippen LogP contribution in [0.25, 0.3) is 0 Å². The Labute approximate surface area is 132 Å².